The van der Waals surface area contributed by atoms with E-state index in [1.165, 1.54) is 19.4 Å². The number of methoxy groups -OCH3 is 1. The molecular weight excluding hydrogens is 264 g/mol. The molecule has 0 aliphatic heterocycles. The zero-order valence-electron chi connectivity index (χ0n) is 14.7. The molecule has 2 N–H and O–H groups in total. The maximum absolute atomic E-state index is 5.05. The van der Waals surface area contributed by atoms with Gasteiger partial charge in [0.25, 0.3) is 0 Å². The standard InChI is InChI=1S/C16H36N4O/c1-6-17-16(18-12-10-14-21-5)19-15(4)11-9-13-20(7-2)8-3/h15H,6-14H2,1-5H3,(H2,17,18,19). The van der Waals surface area contributed by atoms with Crippen molar-refractivity contribution in [3.63, 3.8) is 0 Å². The van der Waals surface area contributed by atoms with Gasteiger partial charge in [0.05, 0.1) is 0 Å². The minimum absolute atomic E-state index is 0.445. The number of nitrogens with zero attached hydrogens (tertiary/aromatic N) is 2. The summed E-state index contributed by atoms with van der Waals surface area (Å²) in [6.45, 7) is 14.7. The van der Waals surface area contributed by atoms with Crippen molar-refractivity contribution >= 4 is 5.96 Å². The Morgan fingerprint density at radius 1 is 1.19 bits per heavy atom. The zero-order valence-corrected chi connectivity index (χ0v) is 14.7. The Labute approximate surface area is 131 Å². The third-order valence-corrected chi connectivity index (χ3v) is 3.51. The van der Waals surface area contributed by atoms with E-state index in [4.69, 9.17) is 4.74 Å². The van der Waals surface area contributed by atoms with Crippen molar-refractivity contribution in [1.82, 2.24) is 15.5 Å². The molecule has 0 fully saturated rings. The maximum atomic E-state index is 5.05. The van der Waals surface area contributed by atoms with E-state index in [-0.39, 0.29) is 0 Å². The summed E-state index contributed by atoms with van der Waals surface area (Å²) in [4.78, 5) is 7.04. The molecule has 21 heavy (non-hydrogen) atoms. The van der Waals surface area contributed by atoms with Gasteiger partial charge in [-0.15, -0.1) is 0 Å². The lowest BCUT2D eigenvalue weighted by Gasteiger charge is -2.21. The van der Waals surface area contributed by atoms with Gasteiger partial charge in [-0.05, 0) is 52.7 Å². The first-order valence-electron chi connectivity index (χ1n) is 8.43. The van der Waals surface area contributed by atoms with Crippen LogP contribution in [0.1, 0.15) is 47.0 Å². The Morgan fingerprint density at radius 2 is 1.90 bits per heavy atom. The Morgan fingerprint density at radius 3 is 2.48 bits per heavy atom. The van der Waals surface area contributed by atoms with E-state index in [0.29, 0.717) is 6.04 Å². The Balaban J connectivity index is 4.01. The quantitative estimate of drug-likeness (QED) is 0.329. The van der Waals surface area contributed by atoms with E-state index in [1.807, 2.05) is 0 Å². The summed E-state index contributed by atoms with van der Waals surface area (Å²) in [5.41, 5.74) is 0. The van der Waals surface area contributed by atoms with Gasteiger partial charge in [-0.1, -0.05) is 13.8 Å². The largest absolute Gasteiger partial charge is 0.385 e. The van der Waals surface area contributed by atoms with Crippen LogP contribution >= 0.6 is 0 Å². The summed E-state index contributed by atoms with van der Waals surface area (Å²) < 4.78 is 5.05. The maximum Gasteiger partial charge on any atom is 0.191 e. The average Bonchev–Trinajstić information content (AvgIpc) is 2.48. The molecule has 0 saturated carbocycles. The number of aliphatic imine (C=N–C) groups is 1. The normalized spacial score (nSPS) is 13.5. The number of hydrogen-bond acceptors (Lipinski definition) is 3. The average molecular weight is 300 g/mol. The molecule has 0 bridgehead atoms. The Kier molecular flexibility index (Phi) is 13.6. The van der Waals surface area contributed by atoms with Crippen LogP contribution < -0.4 is 10.6 Å². The zero-order chi connectivity index (χ0) is 15.9. The van der Waals surface area contributed by atoms with Gasteiger partial charge in [0.1, 0.15) is 0 Å². The molecule has 0 aliphatic rings. The van der Waals surface area contributed by atoms with Crippen LogP contribution in [0.5, 0.6) is 0 Å². The van der Waals surface area contributed by atoms with Crippen LogP contribution in [0.3, 0.4) is 0 Å². The van der Waals surface area contributed by atoms with Gasteiger partial charge in [-0.3, -0.25) is 4.99 Å². The van der Waals surface area contributed by atoms with Crippen LogP contribution in [-0.4, -0.2) is 63.3 Å². The van der Waals surface area contributed by atoms with E-state index in [9.17, 15) is 0 Å². The molecule has 0 saturated heterocycles. The smallest absolute Gasteiger partial charge is 0.191 e. The fourth-order valence-electron chi connectivity index (χ4n) is 2.19. The van der Waals surface area contributed by atoms with Gasteiger partial charge >= 0.3 is 0 Å². The van der Waals surface area contributed by atoms with Crippen molar-refractivity contribution in [1.29, 1.82) is 0 Å². The second-order valence-corrected chi connectivity index (χ2v) is 5.32. The van der Waals surface area contributed by atoms with Crippen LogP contribution in [0, 0.1) is 0 Å². The highest BCUT2D eigenvalue weighted by molar-refractivity contribution is 5.79. The number of hydrogen-bond donors (Lipinski definition) is 2. The lowest BCUT2D eigenvalue weighted by molar-refractivity contribution is 0.197. The molecule has 0 amide bonds. The number of guanidine groups is 1. The summed E-state index contributed by atoms with van der Waals surface area (Å²) in [7, 11) is 1.73. The summed E-state index contributed by atoms with van der Waals surface area (Å²) in [6.07, 6.45) is 3.35. The molecule has 0 aromatic carbocycles. The highest BCUT2D eigenvalue weighted by atomic mass is 16.5. The van der Waals surface area contributed by atoms with Gasteiger partial charge < -0.3 is 20.3 Å². The van der Waals surface area contributed by atoms with E-state index in [1.54, 1.807) is 7.11 Å². The van der Waals surface area contributed by atoms with Gasteiger partial charge in [-0.2, -0.15) is 0 Å². The van der Waals surface area contributed by atoms with Crippen molar-refractivity contribution in [3.05, 3.63) is 0 Å². The Bertz CT molecular complexity index is 255. The second kappa shape index (κ2) is 14.1. The lowest BCUT2D eigenvalue weighted by Crippen LogP contribution is -2.42. The summed E-state index contributed by atoms with van der Waals surface area (Å²) in [5, 5.41) is 6.78. The van der Waals surface area contributed by atoms with E-state index in [0.717, 1.165) is 45.2 Å². The predicted molar refractivity (Wildman–Crippen MR) is 92.1 cm³/mol. The summed E-state index contributed by atoms with van der Waals surface area (Å²) in [6, 6.07) is 0.445. The van der Waals surface area contributed by atoms with E-state index in [2.05, 4.69) is 48.2 Å². The number of rotatable bonds is 12. The first-order valence-corrected chi connectivity index (χ1v) is 8.43. The fraction of sp³-hybridized carbons (Fsp3) is 0.938. The molecule has 0 aromatic heterocycles. The minimum atomic E-state index is 0.445. The van der Waals surface area contributed by atoms with Crippen LogP contribution in [0.25, 0.3) is 0 Å². The van der Waals surface area contributed by atoms with Crippen LogP contribution in [0.4, 0.5) is 0 Å². The van der Waals surface area contributed by atoms with Crippen molar-refractivity contribution in [3.8, 4) is 0 Å². The third kappa shape index (κ3) is 11.5. The first-order chi connectivity index (χ1) is 10.2. The Hall–Kier alpha value is -0.810. The molecule has 1 unspecified atom stereocenters. The lowest BCUT2D eigenvalue weighted by atomic mass is 10.2. The third-order valence-electron chi connectivity index (χ3n) is 3.51. The van der Waals surface area contributed by atoms with Gasteiger partial charge in [0, 0.05) is 32.8 Å². The molecule has 0 aromatic rings. The SMILES string of the molecule is CCNC(=NCCCOC)NC(C)CCCN(CC)CC. The van der Waals surface area contributed by atoms with Crippen molar-refractivity contribution in [2.24, 2.45) is 4.99 Å². The van der Waals surface area contributed by atoms with Crippen molar-refractivity contribution < 1.29 is 4.74 Å². The highest BCUT2D eigenvalue weighted by Gasteiger charge is 2.06. The summed E-state index contributed by atoms with van der Waals surface area (Å²) >= 11 is 0. The molecule has 0 spiro atoms. The van der Waals surface area contributed by atoms with Gasteiger partial charge in [-0.25, -0.2) is 0 Å². The number of ether oxygens (including phenoxy) is 1. The molecule has 0 radical (unpaired) electrons. The molecule has 126 valence electrons. The minimum Gasteiger partial charge on any atom is -0.385 e. The number of nitrogens with one attached hydrogen (secondary N) is 2. The predicted octanol–water partition coefficient (Wildman–Crippen LogP) is 2.09. The van der Waals surface area contributed by atoms with Crippen molar-refractivity contribution in [2.75, 3.05) is 46.4 Å². The van der Waals surface area contributed by atoms with Gasteiger partial charge in [0.15, 0.2) is 5.96 Å². The molecule has 0 heterocycles. The molecule has 5 heteroatoms. The van der Waals surface area contributed by atoms with Crippen LogP contribution in [0.15, 0.2) is 4.99 Å². The van der Waals surface area contributed by atoms with Gasteiger partial charge in [0.2, 0.25) is 0 Å². The molecular formula is C16H36N4O. The van der Waals surface area contributed by atoms with E-state index < -0.39 is 0 Å². The summed E-state index contributed by atoms with van der Waals surface area (Å²) in [5.74, 6) is 0.920. The van der Waals surface area contributed by atoms with Crippen LogP contribution in [0.2, 0.25) is 0 Å². The van der Waals surface area contributed by atoms with Crippen LogP contribution in [-0.2, 0) is 4.74 Å². The molecule has 0 aliphatic carbocycles. The first kappa shape index (κ1) is 20.2. The molecule has 5 nitrogen and oxygen atoms in total. The second-order valence-electron chi connectivity index (χ2n) is 5.32. The monoisotopic (exact) mass is 300 g/mol. The topological polar surface area (TPSA) is 48.9 Å². The van der Waals surface area contributed by atoms with E-state index >= 15 is 0 Å². The van der Waals surface area contributed by atoms with Crippen molar-refractivity contribution in [2.45, 2.75) is 53.0 Å². The molecule has 0 rings (SSSR count). The molecule has 1 atom stereocenters. The highest BCUT2D eigenvalue weighted by Crippen LogP contribution is 1.99. The fourth-order valence-corrected chi connectivity index (χ4v) is 2.19.